The molecule has 5 rings (SSSR count). The van der Waals surface area contributed by atoms with Gasteiger partial charge in [-0.15, -0.1) is 0 Å². The highest BCUT2D eigenvalue weighted by Gasteiger charge is 2.34. The van der Waals surface area contributed by atoms with E-state index in [1.807, 2.05) is 23.1 Å². The molecule has 0 bridgehead atoms. The Labute approximate surface area is 223 Å². The van der Waals surface area contributed by atoms with Crippen LogP contribution in [0.5, 0.6) is 11.5 Å². The fourth-order valence-electron chi connectivity index (χ4n) is 5.10. The standard InChI is InChI=1S/C31H33N3O4/c1-21-9-10-26(22(2)15-21)30-27-17-29(38-14-12-23-7-5-4-6-8-23)28(36-3)16-24(27)11-13-34(30)31(35)32-18-25-19-37-20-33-25/h4-10,15-17,19-20,30H,11-14,18H2,1-3H3,(H,32,35). The summed E-state index contributed by atoms with van der Waals surface area (Å²) in [5, 5.41) is 3.01. The molecule has 1 atom stereocenters. The fraction of sp³-hybridized carbons (Fsp3) is 0.290. The minimum Gasteiger partial charge on any atom is -0.493 e. The lowest BCUT2D eigenvalue weighted by atomic mass is 9.85. The van der Waals surface area contributed by atoms with Crippen molar-refractivity contribution < 1.29 is 18.7 Å². The van der Waals surface area contributed by atoms with Gasteiger partial charge in [0.2, 0.25) is 0 Å². The molecule has 0 radical (unpaired) electrons. The van der Waals surface area contributed by atoms with Crippen LogP contribution in [0.3, 0.4) is 0 Å². The molecule has 196 valence electrons. The molecule has 38 heavy (non-hydrogen) atoms. The molecule has 1 aliphatic rings. The molecule has 2 heterocycles. The zero-order valence-corrected chi connectivity index (χ0v) is 22.1. The molecule has 1 aromatic heterocycles. The van der Waals surface area contributed by atoms with Crippen molar-refractivity contribution in [1.29, 1.82) is 0 Å². The maximum atomic E-state index is 13.5. The lowest BCUT2D eigenvalue weighted by Gasteiger charge is -2.38. The number of nitrogens with one attached hydrogen (secondary N) is 1. The maximum Gasteiger partial charge on any atom is 0.318 e. The van der Waals surface area contributed by atoms with Crippen molar-refractivity contribution in [2.45, 2.75) is 39.3 Å². The Hall–Kier alpha value is -4.26. The minimum atomic E-state index is -0.265. The number of oxazole rings is 1. The second-order valence-electron chi connectivity index (χ2n) is 9.63. The van der Waals surface area contributed by atoms with Gasteiger partial charge in [0.1, 0.15) is 6.26 Å². The Bertz CT molecular complexity index is 1390. The number of carbonyl (C=O) groups is 1. The molecule has 7 heteroatoms. The van der Waals surface area contributed by atoms with E-state index in [0.29, 0.717) is 36.9 Å². The predicted molar refractivity (Wildman–Crippen MR) is 146 cm³/mol. The van der Waals surface area contributed by atoms with Crippen molar-refractivity contribution in [3.63, 3.8) is 0 Å². The zero-order valence-electron chi connectivity index (χ0n) is 22.1. The molecule has 3 aromatic carbocycles. The van der Waals surface area contributed by atoms with Crippen LogP contribution < -0.4 is 14.8 Å². The number of aryl methyl sites for hydroxylation is 2. The number of fused-ring (bicyclic) bond motifs is 1. The van der Waals surface area contributed by atoms with Crippen LogP contribution in [0.15, 0.2) is 77.7 Å². The van der Waals surface area contributed by atoms with Crippen LogP contribution in [0.4, 0.5) is 4.79 Å². The molecular formula is C31H33N3O4. The summed E-state index contributed by atoms with van der Waals surface area (Å²) in [5.41, 5.74) is 7.51. The highest BCUT2D eigenvalue weighted by Crippen LogP contribution is 2.42. The highest BCUT2D eigenvalue weighted by molar-refractivity contribution is 5.76. The zero-order chi connectivity index (χ0) is 26.5. The van der Waals surface area contributed by atoms with Gasteiger partial charge in [0.15, 0.2) is 17.9 Å². The quantitative estimate of drug-likeness (QED) is 0.325. The SMILES string of the molecule is COc1cc2c(cc1OCCc1ccccc1)C(c1ccc(C)cc1C)N(C(=O)NCc1cocn1)CC2. The van der Waals surface area contributed by atoms with Gasteiger partial charge in [-0.05, 0) is 60.2 Å². The number of hydrogen-bond acceptors (Lipinski definition) is 5. The van der Waals surface area contributed by atoms with Crippen molar-refractivity contribution >= 4 is 6.03 Å². The molecule has 1 unspecified atom stereocenters. The number of benzene rings is 3. The van der Waals surface area contributed by atoms with Crippen LogP contribution in [-0.4, -0.2) is 36.2 Å². The third-order valence-electron chi connectivity index (χ3n) is 7.03. The lowest BCUT2D eigenvalue weighted by molar-refractivity contribution is 0.179. The van der Waals surface area contributed by atoms with E-state index in [2.05, 4.69) is 66.6 Å². The van der Waals surface area contributed by atoms with Crippen molar-refractivity contribution in [3.05, 3.63) is 112 Å². The van der Waals surface area contributed by atoms with E-state index in [4.69, 9.17) is 13.9 Å². The third-order valence-corrected chi connectivity index (χ3v) is 7.03. The Morgan fingerprint density at radius 1 is 1.08 bits per heavy atom. The summed E-state index contributed by atoms with van der Waals surface area (Å²) < 4.78 is 17.0. The number of amides is 2. The summed E-state index contributed by atoms with van der Waals surface area (Å²) in [6.07, 6.45) is 4.41. The average Bonchev–Trinajstić information content (AvgIpc) is 3.45. The van der Waals surface area contributed by atoms with Gasteiger partial charge in [-0.1, -0.05) is 54.1 Å². The lowest BCUT2D eigenvalue weighted by Crippen LogP contribution is -2.46. The minimum absolute atomic E-state index is 0.147. The summed E-state index contributed by atoms with van der Waals surface area (Å²) in [6.45, 7) is 5.58. The van der Waals surface area contributed by atoms with Crippen LogP contribution in [0.2, 0.25) is 0 Å². The van der Waals surface area contributed by atoms with E-state index < -0.39 is 0 Å². The van der Waals surface area contributed by atoms with Crippen molar-refractivity contribution in [3.8, 4) is 11.5 Å². The molecule has 7 nitrogen and oxygen atoms in total. The van der Waals surface area contributed by atoms with E-state index in [1.54, 1.807) is 13.4 Å². The van der Waals surface area contributed by atoms with Crippen molar-refractivity contribution in [1.82, 2.24) is 15.2 Å². The summed E-state index contributed by atoms with van der Waals surface area (Å²) in [7, 11) is 1.67. The van der Waals surface area contributed by atoms with Crippen molar-refractivity contribution in [2.24, 2.45) is 0 Å². The van der Waals surface area contributed by atoms with Gasteiger partial charge in [-0.3, -0.25) is 0 Å². The van der Waals surface area contributed by atoms with E-state index in [0.717, 1.165) is 35.1 Å². The second kappa shape index (κ2) is 11.4. The molecule has 0 spiro atoms. The predicted octanol–water partition coefficient (Wildman–Crippen LogP) is 5.78. The summed E-state index contributed by atoms with van der Waals surface area (Å²) in [5.74, 6) is 1.39. The molecule has 0 saturated carbocycles. The first-order valence-corrected chi connectivity index (χ1v) is 12.9. The molecule has 4 aromatic rings. The first-order valence-electron chi connectivity index (χ1n) is 12.9. The van der Waals surface area contributed by atoms with Gasteiger partial charge in [0, 0.05) is 13.0 Å². The van der Waals surface area contributed by atoms with Gasteiger partial charge in [0.25, 0.3) is 0 Å². The Morgan fingerprint density at radius 3 is 2.66 bits per heavy atom. The summed E-state index contributed by atoms with van der Waals surface area (Å²) in [6, 6.07) is 20.4. The van der Waals surface area contributed by atoms with Crippen LogP contribution in [-0.2, 0) is 19.4 Å². The molecule has 2 amide bonds. The van der Waals surface area contributed by atoms with Crippen molar-refractivity contribution in [2.75, 3.05) is 20.3 Å². The van der Waals surface area contributed by atoms with E-state index >= 15 is 0 Å². The van der Waals surface area contributed by atoms with Gasteiger partial charge in [0.05, 0.1) is 32.0 Å². The second-order valence-corrected chi connectivity index (χ2v) is 9.63. The highest BCUT2D eigenvalue weighted by atomic mass is 16.5. The topological polar surface area (TPSA) is 76.8 Å². The molecule has 0 aliphatic carbocycles. The van der Waals surface area contributed by atoms with Gasteiger partial charge in [-0.2, -0.15) is 0 Å². The number of aromatic nitrogens is 1. The van der Waals surface area contributed by atoms with E-state index in [-0.39, 0.29) is 12.1 Å². The maximum absolute atomic E-state index is 13.5. The number of nitrogens with zero attached hydrogens (tertiary/aromatic N) is 2. The number of methoxy groups -OCH3 is 1. The summed E-state index contributed by atoms with van der Waals surface area (Å²) in [4.78, 5) is 19.5. The molecule has 1 aliphatic heterocycles. The summed E-state index contributed by atoms with van der Waals surface area (Å²) >= 11 is 0. The van der Waals surface area contributed by atoms with Crippen LogP contribution >= 0.6 is 0 Å². The van der Waals surface area contributed by atoms with Gasteiger partial charge in [-0.25, -0.2) is 9.78 Å². The molecule has 0 saturated heterocycles. The fourth-order valence-corrected chi connectivity index (χ4v) is 5.10. The normalized spacial score (nSPS) is 14.6. The van der Waals surface area contributed by atoms with Gasteiger partial charge >= 0.3 is 6.03 Å². The molecule has 0 fully saturated rings. The monoisotopic (exact) mass is 511 g/mol. The number of hydrogen-bond donors (Lipinski definition) is 1. The largest absolute Gasteiger partial charge is 0.493 e. The first kappa shape index (κ1) is 25.4. The van der Waals surface area contributed by atoms with Crippen LogP contribution in [0.1, 0.15) is 45.1 Å². The van der Waals surface area contributed by atoms with Crippen LogP contribution in [0, 0.1) is 13.8 Å². The number of carbonyl (C=O) groups excluding carboxylic acids is 1. The molecule has 1 N–H and O–H groups in total. The number of rotatable bonds is 8. The Balaban J connectivity index is 1.47. The number of ether oxygens (including phenoxy) is 2. The van der Waals surface area contributed by atoms with E-state index in [9.17, 15) is 4.79 Å². The Kier molecular flexibility index (Phi) is 7.63. The third kappa shape index (κ3) is 5.52. The van der Waals surface area contributed by atoms with Crippen LogP contribution in [0.25, 0.3) is 0 Å². The molecular weight excluding hydrogens is 478 g/mol. The van der Waals surface area contributed by atoms with Gasteiger partial charge < -0.3 is 24.1 Å². The number of urea groups is 1. The smallest absolute Gasteiger partial charge is 0.318 e. The average molecular weight is 512 g/mol. The van der Waals surface area contributed by atoms with E-state index in [1.165, 1.54) is 17.5 Å². The Morgan fingerprint density at radius 2 is 1.92 bits per heavy atom. The first-order chi connectivity index (χ1) is 18.5.